The minimum Gasteiger partial charge on any atom is -0.393 e. The lowest BCUT2D eigenvalue weighted by Crippen LogP contribution is -2.55. The summed E-state index contributed by atoms with van der Waals surface area (Å²) < 4.78 is 5.85. The highest BCUT2D eigenvalue weighted by Crippen LogP contribution is 2.23. The lowest BCUT2D eigenvalue weighted by atomic mass is 10.0. The highest BCUT2D eigenvalue weighted by Gasteiger charge is 2.33. The van der Waals surface area contributed by atoms with Gasteiger partial charge >= 0.3 is 0 Å². The highest BCUT2D eigenvalue weighted by molar-refractivity contribution is 7.80. The second kappa shape index (κ2) is 4.76. The molecule has 0 aromatic heterocycles. The maximum atomic E-state index is 5.85. The molecular formula is C11H22N2OS. The predicted molar refractivity (Wildman–Crippen MR) is 67.1 cm³/mol. The third-order valence-corrected chi connectivity index (χ3v) is 2.88. The molecule has 1 saturated heterocycles. The quantitative estimate of drug-likeness (QED) is 0.747. The molecule has 3 nitrogen and oxygen atoms in total. The molecule has 0 spiro atoms. The molecule has 4 heteroatoms. The lowest BCUT2D eigenvalue weighted by molar-refractivity contribution is -0.136. The van der Waals surface area contributed by atoms with Crippen molar-refractivity contribution in [2.45, 2.75) is 51.9 Å². The number of rotatable bonds is 3. The zero-order valence-corrected chi connectivity index (χ0v) is 10.9. The van der Waals surface area contributed by atoms with Gasteiger partial charge in [-0.1, -0.05) is 12.2 Å². The topological polar surface area (TPSA) is 38.5 Å². The van der Waals surface area contributed by atoms with Crippen molar-refractivity contribution in [1.29, 1.82) is 0 Å². The first-order chi connectivity index (χ1) is 6.80. The van der Waals surface area contributed by atoms with Crippen molar-refractivity contribution in [2.24, 2.45) is 5.73 Å². The smallest absolute Gasteiger partial charge is 0.0757 e. The largest absolute Gasteiger partial charge is 0.393 e. The van der Waals surface area contributed by atoms with E-state index in [1.165, 1.54) is 0 Å². The molecule has 0 aromatic carbocycles. The lowest BCUT2D eigenvalue weighted by Gasteiger charge is -2.44. The van der Waals surface area contributed by atoms with Gasteiger partial charge in [-0.15, -0.1) is 0 Å². The van der Waals surface area contributed by atoms with Crippen LogP contribution in [-0.2, 0) is 4.74 Å². The van der Waals surface area contributed by atoms with Crippen molar-refractivity contribution in [3.05, 3.63) is 0 Å². The number of nitrogens with zero attached hydrogens (tertiary/aromatic N) is 1. The van der Waals surface area contributed by atoms with Gasteiger partial charge in [0, 0.05) is 25.6 Å². The first-order valence-corrected chi connectivity index (χ1v) is 5.91. The van der Waals surface area contributed by atoms with Crippen LogP contribution in [0.15, 0.2) is 0 Å². The molecule has 0 aromatic rings. The van der Waals surface area contributed by atoms with Crippen LogP contribution in [-0.4, -0.2) is 40.7 Å². The number of morpholine rings is 1. The molecule has 0 bridgehead atoms. The van der Waals surface area contributed by atoms with Crippen LogP contribution in [0.1, 0.15) is 34.1 Å². The summed E-state index contributed by atoms with van der Waals surface area (Å²) in [5.41, 5.74) is 5.51. The van der Waals surface area contributed by atoms with Crippen LogP contribution < -0.4 is 5.73 Å². The zero-order chi connectivity index (χ0) is 11.6. The van der Waals surface area contributed by atoms with Gasteiger partial charge in [0.05, 0.1) is 16.7 Å². The summed E-state index contributed by atoms with van der Waals surface area (Å²) in [4.78, 5) is 3.01. The molecule has 0 saturated carbocycles. The summed E-state index contributed by atoms with van der Waals surface area (Å²) in [5, 5.41) is 0. The maximum Gasteiger partial charge on any atom is 0.0757 e. The normalized spacial score (nSPS) is 28.7. The Kier molecular flexibility index (Phi) is 4.09. The van der Waals surface area contributed by atoms with Gasteiger partial charge < -0.3 is 10.5 Å². The van der Waals surface area contributed by atoms with Gasteiger partial charge in [0.1, 0.15) is 0 Å². The van der Waals surface area contributed by atoms with Crippen molar-refractivity contribution < 1.29 is 4.74 Å². The van der Waals surface area contributed by atoms with Gasteiger partial charge in [-0.2, -0.15) is 0 Å². The SMILES string of the molecule is CC1CN(C(C)CC(N)=S)CC(C)(C)O1. The van der Waals surface area contributed by atoms with Gasteiger partial charge in [-0.05, 0) is 27.7 Å². The number of hydrogen-bond acceptors (Lipinski definition) is 3. The average Bonchev–Trinajstić information content (AvgIpc) is 1.98. The average molecular weight is 230 g/mol. The van der Waals surface area contributed by atoms with E-state index in [1.807, 2.05) is 0 Å². The van der Waals surface area contributed by atoms with E-state index in [-0.39, 0.29) is 11.7 Å². The van der Waals surface area contributed by atoms with E-state index in [4.69, 9.17) is 22.7 Å². The number of hydrogen-bond donors (Lipinski definition) is 1. The number of ether oxygens (including phenoxy) is 1. The molecule has 0 radical (unpaired) electrons. The van der Waals surface area contributed by atoms with E-state index in [2.05, 4.69) is 32.6 Å². The van der Waals surface area contributed by atoms with Crippen LogP contribution in [0.2, 0.25) is 0 Å². The fourth-order valence-corrected chi connectivity index (χ4v) is 2.50. The second-order valence-electron chi connectivity index (χ2n) is 5.14. The van der Waals surface area contributed by atoms with E-state index in [9.17, 15) is 0 Å². The fourth-order valence-electron chi connectivity index (χ4n) is 2.26. The second-order valence-corrected chi connectivity index (χ2v) is 5.66. The zero-order valence-electron chi connectivity index (χ0n) is 10.1. The van der Waals surface area contributed by atoms with E-state index in [0.29, 0.717) is 11.0 Å². The van der Waals surface area contributed by atoms with Gasteiger partial charge in [0.2, 0.25) is 0 Å². The molecule has 1 aliphatic rings. The first kappa shape index (κ1) is 12.9. The first-order valence-electron chi connectivity index (χ1n) is 5.50. The van der Waals surface area contributed by atoms with Crippen molar-refractivity contribution in [2.75, 3.05) is 13.1 Å². The van der Waals surface area contributed by atoms with Gasteiger partial charge in [-0.3, -0.25) is 4.90 Å². The number of thiocarbonyl (C=S) groups is 1. The maximum absolute atomic E-state index is 5.85. The Morgan fingerprint density at radius 3 is 2.73 bits per heavy atom. The van der Waals surface area contributed by atoms with Gasteiger partial charge in [0.25, 0.3) is 0 Å². The van der Waals surface area contributed by atoms with Crippen LogP contribution in [0.4, 0.5) is 0 Å². The Bertz CT molecular complexity index is 243. The van der Waals surface area contributed by atoms with E-state index in [1.54, 1.807) is 0 Å². The van der Waals surface area contributed by atoms with Gasteiger partial charge in [0.15, 0.2) is 0 Å². The van der Waals surface area contributed by atoms with Crippen LogP contribution >= 0.6 is 12.2 Å². The van der Waals surface area contributed by atoms with E-state index in [0.717, 1.165) is 19.5 Å². The van der Waals surface area contributed by atoms with E-state index < -0.39 is 0 Å². The molecule has 1 heterocycles. The van der Waals surface area contributed by atoms with Crippen molar-refractivity contribution in [3.8, 4) is 0 Å². The summed E-state index contributed by atoms with van der Waals surface area (Å²) in [6.07, 6.45) is 1.07. The Labute approximate surface area is 98.0 Å². The fraction of sp³-hybridized carbons (Fsp3) is 0.909. The summed E-state index contributed by atoms with van der Waals surface area (Å²) in [6, 6.07) is 0.410. The molecule has 2 unspecified atom stereocenters. The third kappa shape index (κ3) is 4.05. The summed E-state index contributed by atoms with van der Waals surface area (Å²) in [6.45, 7) is 10.5. The molecule has 1 aliphatic heterocycles. The Morgan fingerprint density at radius 1 is 1.67 bits per heavy atom. The third-order valence-electron chi connectivity index (χ3n) is 2.72. The molecule has 2 atom stereocenters. The highest BCUT2D eigenvalue weighted by atomic mass is 32.1. The molecule has 0 amide bonds. The Balaban J connectivity index is 2.57. The van der Waals surface area contributed by atoms with Crippen LogP contribution in [0.25, 0.3) is 0 Å². The van der Waals surface area contributed by atoms with Crippen molar-refractivity contribution >= 4 is 17.2 Å². The monoisotopic (exact) mass is 230 g/mol. The molecular weight excluding hydrogens is 208 g/mol. The van der Waals surface area contributed by atoms with Crippen molar-refractivity contribution in [1.82, 2.24) is 4.90 Å². The molecule has 15 heavy (non-hydrogen) atoms. The minimum absolute atomic E-state index is 0.0673. The van der Waals surface area contributed by atoms with Gasteiger partial charge in [-0.25, -0.2) is 0 Å². The Morgan fingerprint density at radius 2 is 2.27 bits per heavy atom. The van der Waals surface area contributed by atoms with Crippen LogP contribution in [0.3, 0.4) is 0 Å². The van der Waals surface area contributed by atoms with E-state index >= 15 is 0 Å². The van der Waals surface area contributed by atoms with Crippen LogP contribution in [0.5, 0.6) is 0 Å². The summed E-state index contributed by atoms with van der Waals surface area (Å²) >= 11 is 4.95. The molecule has 88 valence electrons. The minimum atomic E-state index is -0.0673. The predicted octanol–water partition coefficient (Wildman–Crippen LogP) is 1.55. The summed E-state index contributed by atoms with van der Waals surface area (Å²) in [5.74, 6) is 0. The Hall–Kier alpha value is -0.190. The van der Waals surface area contributed by atoms with Crippen molar-refractivity contribution in [3.63, 3.8) is 0 Å². The molecule has 1 rings (SSSR count). The molecule has 2 N–H and O–H groups in total. The molecule has 1 fully saturated rings. The van der Waals surface area contributed by atoms with Crippen LogP contribution in [0, 0.1) is 0 Å². The summed E-state index contributed by atoms with van der Waals surface area (Å²) in [7, 11) is 0. The number of nitrogens with two attached hydrogens (primary N) is 1. The standard InChI is InChI=1S/C11H22N2OS/c1-8(5-10(12)15)13-6-9(2)14-11(3,4)7-13/h8-9H,5-7H2,1-4H3,(H2,12,15). The molecule has 0 aliphatic carbocycles.